The van der Waals surface area contributed by atoms with Crippen LogP contribution in [0.4, 0.5) is 13.2 Å². The third-order valence-corrected chi connectivity index (χ3v) is 6.08. The Morgan fingerprint density at radius 2 is 1.56 bits per heavy atom. The summed E-state index contributed by atoms with van der Waals surface area (Å²) in [6, 6.07) is 11.7. The number of hydrogen-bond acceptors (Lipinski definition) is 5. The number of pyridine rings is 1. The smallest absolute Gasteiger partial charge is 0.475 e. The Labute approximate surface area is 197 Å². The predicted molar refractivity (Wildman–Crippen MR) is 121 cm³/mol. The van der Waals surface area contributed by atoms with Gasteiger partial charge in [0.1, 0.15) is 0 Å². The van der Waals surface area contributed by atoms with Crippen molar-refractivity contribution in [2.75, 3.05) is 26.2 Å². The van der Waals surface area contributed by atoms with Crippen LogP contribution in [0.3, 0.4) is 0 Å². The first kappa shape index (κ1) is 25.2. The quantitative estimate of drug-likeness (QED) is 0.580. The standard InChI is InChI=1S/C21H21N3O2S.C2HF3O2/c1-14-5-6-18-16(12-14)13-17(15(2)22-18)20(25)23-7-9-24(10-8-23)21(26)19-4-3-11-27-19;3-2(4,5)1(6)7/h3-6,11-13H,7-10H2,1-2H3;(H,6,7). The first-order valence-corrected chi connectivity index (χ1v) is 11.2. The Kier molecular flexibility index (Phi) is 7.55. The number of halogens is 3. The maximum atomic E-state index is 13.0. The molecular weight excluding hydrogens is 471 g/mol. The monoisotopic (exact) mass is 493 g/mol. The van der Waals surface area contributed by atoms with Crippen LogP contribution in [-0.4, -0.2) is 70.0 Å². The largest absolute Gasteiger partial charge is 0.490 e. The average Bonchev–Trinajstić information content (AvgIpc) is 3.33. The zero-order chi connectivity index (χ0) is 25.0. The lowest BCUT2D eigenvalue weighted by Gasteiger charge is -2.34. The summed E-state index contributed by atoms with van der Waals surface area (Å²) in [4.78, 5) is 43.4. The van der Waals surface area contributed by atoms with Crippen LogP contribution in [0.1, 0.15) is 31.3 Å². The zero-order valence-corrected chi connectivity index (χ0v) is 19.2. The summed E-state index contributed by atoms with van der Waals surface area (Å²) in [5, 5.41) is 10.0. The van der Waals surface area contributed by atoms with Gasteiger partial charge in [0.15, 0.2) is 0 Å². The van der Waals surface area contributed by atoms with Gasteiger partial charge in [-0.2, -0.15) is 13.2 Å². The number of benzene rings is 1. The second-order valence-electron chi connectivity index (χ2n) is 7.68. The van der Waals surface area contributed by atoms with Gasteiger partial charge in [0.25, 0.3) is 11.8 Å². The van der Waals surface area contributed by atoms with Gasteiger partial charge in [-0.1, -0.05) is 17.7 Å². The van der Waals surface area contributed by atoms with Gasteiger partial charge >= 0.3 is 12.1 Å². The van der Waals surface area contributed by atoms with Crippen LogP contribution in [0.5, 0.6) is 0 Å². The number of carboxylic acids is 1. The van der Waals surface area contributed by atoms with Crippen molar-refractivity contribution in [3.8, 4) is 0 Å². The average molecular weight is 494 g/mol. The van der Waals surface area contributed by atoms with Crippen molar-refractivity contribution >= 4 is 40.0 Å². The molecule has 1 saturated heterocycles. The number of aromatic nitrogens is 1. The number of hydrogen-bond donors (Lipinski definition) is 1. The summed E-state index contributed by atoms with van der Waals surface area (Å²) in [7, 11) is 0. The normalized spacial score (nSPS) is 13.9. The fourth-order valence-electron chi connectivity index (χ4n) is 3.45. The Morgan fingerprint density at radius 3 is 2.09 bits per heavy atom. The van der Waals surface area contributed by atoms with E-state index in [1.54, 1.807) is 0 Å². The van der Waals surface area contributed by atoms with Crippen LogP contribution < -0.4 is 0 Å². The van der Waals surface area contributed by atoms with Gasteiger partial charge in [-0.05, 0) is 43.5 Å². The van der Waals surface area contributed by atoms with E-state index >= 15 is 0 Å². The number of amides is 2. The van der Waals surface area contributed by atoms with Gasteiger partial charge in [0.05, 0.1) is 21.7 Å². The van der Waals surface area contributed by atoms with Crippen molar-refractivity contribution < 1.29 is 32.7 Å². The number of thiophene rings is 1. The number of rotatable bonds is 2. The Hall–Kier alpha value is -3.47. The molecule has 180 valence electrons. The van der Waals surface area contributed by atoms with Gasteiger partial charge in [-0.25, -0.2) is 4.79 Å². The molecule has 34 heavy (non-hydrogen) atoms. The van der Waals surface area contributed by atoms with Gasteiger partial charge in [-0.3, -0.25) is 14.6 Å². The summed E-state index contributed by atoms with van der Waals surface area (Å²) in [6.07, 6.45) is -5.08. The lowest BCUT2D eigenvalue weighted by molar-refractivity contribution is -0.192. The molecule has 7 nitrogen and oxygen atoms in total. The van der Waals surface area contributed by atoms with Crippen molar-refractivity contribution in [1.29, 1.82) is 0 Å². The van der Waals surface area contributed by atoms with Crippen LogP contribution in [0.15, 0.2) is 41.8 Å². The number of carboxylic acid groups (broad SMARTS) is 1. The van der Waals surface area contributed by atoms with E-state index in [-0.39, 0.29) is 11.8 Å². The molecule has 1 aliphatic rings. The van der Waals surface area contributed by atoms with Crippen LogP contribution in [-0.2, 0) is 4.79 Å². The summed E-state index contributed by atoms with van der Waals surface area (Å²) in [6.45, 7) is 6.11. The number of nitrogens with zero attached hydrogens (tertiary/aromatic N) is 3. The van der Waals surface area contributed by atoms with E-state index in [1.807, 2.05) is 59.4 Å². The molecule has 3 aromatic rings. The molecule has 1 aromatic carbocycles. The van der Waals surface area contributed by atoms with Crippen LogP contribution in [0.2, 0.25) is 0 Å². The van der Waals surface area contributed by atoms with E-state index in [0.29, 0.717) is 31.7 Å². The van der Waals surface area contributed by atoms with Crippen molar-refractivity contribution in [3.63, 3.8) is 0 Å². The first-order valence-electron chi connectivity index (χ1n) is 10.3. The fourth-order valence-corrected chi connectivity index (χ4v) is 4.14. The van der Waals surface area contributed by atoms with E-state index < -0.39 is 12.1 Å². The molecule has 0 atom stereocenters. The van der Waals surface area contributed by atoms with Crippen molar-refractivity contribution in [3.05, 3.63) is 63.5 Å². The molecule has 4 rings (SSSR count). The summed E-state index contributed by atoms with van der Waals surface area (Å²) < 4.78 is 31.7. The van der Waals surface area contributed by atoms with E-state index in [0.717, 1.165) is 27.0 Å². The summed E-state index contributed by atoms with van der Waals surface area (Å²) in [5.41, 5.74) is 3.44. The van der Waals surface area contributed by atoms with Gasteiger partial charge < -0.3 is 14.9 Å². The Bertz CT molecular complexity index is 1200. The molecule has 0 spiro atoms. The molecule has 1 N–H and O–H groups in total. The van der Waals surface area contributed by atoms with Crippen LogP contribution in [0.25, 0.3) is 10.9 Å². The summed E-state index contributed by atoms with van der Waals surface area (Å²) >= 11 is 1.45. The van der Waals surface area contributed by atoms with E-state index in [4.69, 9.17) is 9.90 Å². The molecule has 0 bridgehead atoms. The molecule has 2 aromatic heterocycles. The Balaban J connectivity index is 0.000000406. The second kappa shape index (κ2) is 10.2. The highest BCUT2D eigenvalue weighted by Gasteiger charge is 2.38. The van der Waals surface area contributed by atoms with E-state index in [2.05, 4.69) is 11.1 Å². The van der Waals surface area contributed by atoms with Crippen molar-refractivity contribution in [1.82, 2.24) is 14.8 Å². The molecule has 0 saturated carbocycles. The highest BCUT2D eigenvalue weighted by atomic mass is 32.1. The minimum Gasteiger partial charge on any atom is -0.475 e. The van der Waals surface area contributed by atoms with Crippen LogP contribution in [0, 0.1) is 13.8 Å². The first-order chi connectivity index (χ1) is 16.0. The molecule has 11 heteroatoms. The molecule has 2 amide bonds. The minimum absolute atomic E-state index is 0.00775. The van der Waals surface area contributed by atoms with Crippen molar-refractivity contribution in [2.45, 2.75) is 20.0 Å². The molecule has 0 unspecified atom stereocenters. The number of piperazine rings is 1. The van der Waals surface area contributed by atoms with E-state index in [9.17, 15) is 22.8 Å². The lowest BCUT2D eigenvalue weighted by Crippen LogP contribution is -2.50. The SMILES string of the molecule is Cc1ccc2nc(C)c(C(=O)N3CCN(C(=O)c4cccs4)CC3)cc2c1.O=C(O)C(F)(F)F. The molecule has 0 radical (unpaired) electrons. The maximum absolute atomic E-state index is 13.0. The molecule has 1 aliphatic heterocycles. The predicted octanol–water partition coefficient (Wildman–Crippen LogP) is 4.14. The lowest BCUT2D eigenvalue weighted by atomic mass is 10.1. The highest BCUT2D eigenvalue weighted by Crippen LogP contribution is 2.21. The summed E-state index contributed by atoms with van der Waals surface area (Å²) in [5.74, 6) is -2.71. The highest BCUT2D eigenvalue weighted by molar-refractivity contribution is 7.12. The van der Waals surface area contributed by atoms with Gasteiger partial charge in [-0.15, -0.1) is 11.3 Å². The third-order valence-electron chi connectivity index (χ3n) is 5.22. The van der Waals surface area contributed by atoms with E-state index in [1.165, 1.54) is 11.3 Å². The number of aliphatic carboxylic acids is 1. The molecular formula is C23H22F3N3O4S. The zero-order valence-electron chi connectivity index (χ0n) is 18.4. The van der Waals surface area contributed by atoms with Crippen LogP contribution >= 0.6 is 11.3 Å². The number of carbonyl (C=O) groups excluding carboxylic acids is 2. The molecule has 0 aliphatic carbocycles. The number of aryl methyl sites for hydroxylation is 2. The number of fused-ring (bicyclic) bond motifs is 1. The minimum atomic E-state index is -5.08. The van der Waals surface area contributed by atoms with Gasteiger partial charge in [0.2, 0.25) is 0 Å². The maximum Gasteiger partial charge on any atom is 0.490 e. The molecule has 3 heterocycles. The number of carbonyl (C=O) groups is 3. The topological polar surface area (TPSA) is 90.8 Å². The number of alkyl halides is 3. The fraction of sp³-hybridized carbons (Fsp3) is 0.304. The Morgan fingerprint density at radius 1 is 0.971 bits per heavy atom. The van der Waals surface area contributed by atoms with Gasteiger partial charge in [0, 0.05) is 31.6 Å². The second-order valence-corrected chi connectivity index (χ2v) is 8.63. The third kappa shape index (κ3) is 5.90. The molecule has 1 fully saturated rings. The van der Waals surface area contributed by atoms with Crippen molar-refractivity contribution in [2.24, 2.45) is 0 Å².